The summed E-state index contributed by atoms with van der Waals surface area (Å²) in [5.74, 6) is 1.48. The lowest BCUT2D eigenvalue weighted by Crippen LogP contribution is -2.04. The van der Waals surface area contributed by atoms with Gasteiger partial charge in [0, 0.05) is 11.6 Å². The van der Waals surface area contributed by atoms with Crippen molar-refractivity contribution >= 4 is 29.0 Å². The van der Waals surface area contributed by atoms with Gasteiger partial charge in [-0.25, -0.2) is 4.98 Å². The molecule has 0 radical (unpaired) electrons. The van der Waals surface area contributed by atoms with Crippen LogP contribution >= 0.6 is 23.2 Å². The van der Waals surface area contributed by atoms with E-state index in [0.717, 1.165) is 12.4 Å². The minimum Gasteiger partial charge on any atom is -0.487 e. The van der Waals surface area contributed by atoms with Crippen molar-refractivity contribution in [2.45, 2.75) is 13.5 Å². The summed E-state index contributed by atoms with van der Waals surface area (Å²) in [5.41, 5.74) is 0.695. The minimum absolute atomic E-state index is 0.304. The van der Waals surface area contributed by atoms with Crippen molar-refractivity contribution in [2.24, 2.45) is 0 Å². The first kappa shape index (κ1) is 14.0. The van der Waals surface area contributed by atoms with Gasteiger partial charge < -0.3 is 10.1 Å². The molecule has 1 heterocycles. The number of nitrogens with one attached hydrogen (secondary N) is 1. The average Bonchev–Trinajstić information content (AvgIpc) is 2.40. The van der Waals surface area contributed by atoms with E-state index in [1.807, 2.05) is 31.2 Å². The summed E-state index contributed by atoms with van der Waals surface area (Å²) in [6, 6.07) is 10.9. The third kappa shape index (κ3) is 4.01. The molecule has 2 rings (SSSR count). The van der Waals surface area contributed by atoms with Crippen LogP contribution in [-0.2, 0) is 6.61 Å². The Bertz CT molecular complexity index is 561. The Morgan fingerprint density at radius 1 is 1.21 bits per heavy atom. The van der Waals surface area contributed by atoms with Gasteiger partial charge in [0.1, 0.15) is 18.2 Å². The number of benzene rings is 1. The van der Waals surface area contributed by atoms with E-state index in [2.05, 4.69) is 10.3 Å². The Morgan fingerprint density at radius 3 is 2.79 bits per heavy atom. The molecule has 0 saturated heterocycles. The van der Waals surface area contributed by atoms with E-state index < -0.39 is 0 Å². The molecule has 0 fully saturated rings. The highest BCUT2D eigenvalue weighted by Gasteiger charge is 2.05. The van der Waals surface area contributed by atoms with Crippen molar-refractivity contribution in [3.8, 4) is 5.75 Å². The number of hydrogen-bond acceptors (Lipinski definition) is 3. The van der Waals surface area contributed by atoms with Crippen LogP contribution in [0.15, 0.2) is 36.4 Å². The van der Waals surface area contributed by atoms with E-state index in [1.54, 1.807) is 12.1 Å². The van der Waals surface area contributed by atoms with Gasteiger partial charge in [-0.05, 0) is 37.3 Å². The number of ether oxygens (including phenoxy) is 1. The van der Waals surface area contributed by atoms with Crippen LogP contribution in [-0.4, -0.2) is 11.5 Å². The molecule has 0 aliphatic carbocycles. The van der Waals surface area contributed by atoms with Gasteiger partial charge in [-0.2, -0.15) is 0 Å². The van der Waals surface area contributed by atoms with Gasteiger partial charge in [0.2, 0.25) is 0 Å². The highest BCUT2D eigenvalue weighted by molar-refractivity contribution is 6.31. The molecule has 3 nitrogen and oxygen atoms in total. The van der Waals surface area contributed by atoms with E-state index in [4.69, 9.17) is 27.9 Å². The lowest BCUT2D eigenvalue weighted by Gasteiger charge is -2.09. The molecule has 0 aliphatic heterocycles. The molecule has 1 N–H and O–H groups in total. The summed E-state index contributed by atoms with van der Waals surface area (Å²) in [5, 5.41) is 4.36. The number of nitrogens with zero attached hydrogens (tertiary/aromatic N) is 1. The zero-order valence-corrected chi connectivity index (χ0v) is 12.0. The van der Waals surface area contributed by atoms with E-state index >= 15 is 0 Å². The first-order valence-corrected chi connectivity index (χ1v) is 6.72. The topological polar surface area (TPSA) is 34.1 Å². The van der Waals surface area contributed by atoms with Gasteiger partial charge in [-0.1, -0.05) is 29.3 Å². The smallest absolute Gasteiger partial charge is 0.132 e. The number of hydrogen-bond donors (Lipinski definition) is 1. The Balaban J connectivity index is 2.08. The number of aromatic nitrogens is 1. The summed E-state index contributed by atoms with van der Waals surface area (Å²) in [6.07, 6.45) is 0. The second-order valence-electron chi connectivity index (χ2n) is 3.90. The molecule has 100 valence electrons. The van der Waals surface area contributed by atoms with Crippen molar-refractivity contribution in [1.82, 2.24) is 4.98 Å². The van der Waals surface area contributed by atoms with Gasteiger partial charge in [-0.15, -0.1) is 0 Å². The van der Waals surface area contributed by atoms with Crippen LogP contribution in [0.3, 0.4) is 0 Å². The highest BCUT2D eigenvalue weighted by atomic mass is 35.5. The normalized spacial score (nSPS) is 10.3. The Hall–Kier alpha value is -1.45. The maximum absolute atomic E-state index is 6.10. The van der Waals surface area contributed by atoms with E-state index in [0.29, 0.717) is 28.1 Å². The fourth-order valence-corrected chi connectivity index (χ4v) is 1.91. The number of rotatable bonds is 5. The lowest BCUT2D eigenvalue weighted by atomic mass is 10.3. The SMILES string of the molecule is CCNc1ccc(Cl)c(COc2cccc(Cl)c2)n1. The lowest BCUT2D eigenvalue weighted by molar-refractivity contribution is 0.301. The largest absolute Gasteiger partial charge is 0.487 e. The Morgan fingerprint density at radius 2 is 2.05 bits per heavy atom. The molecule has 0 amide bonds. The number of halogens is 2. The first-order valence-electron chi connectivity index (χ1n) is 5.96. The minimum atomic E-state index is 0.304. The second-order valence-corrected chi connectivity index (χ2v) is 4.75. The van der Waals surface area contributed by atoms with Crippen molar-refractivity contribution < 1.29 is 4.74 Å². The highest BCUT2D eigenvalue weighted by Crippen LogP contribution is 2.21. The zero-order valence-electron chi connectivity index (χ0n) is 10.5. The van der Waals surface area contributed by atoms with Crippen molar-refractivity contribution in [3.63, 3.8) is 0 Å². The average molecular weight is 297 g/mol. The van der Waals surface area contributed by atoms with Crippen molar-refractivity contribution in [3.05, 3.63) is 52.1 Å². The van der Waals surface area contributed by atoms with Gasteiger partial charge in [0.15, 0.2) is 0 Å². The summed E-state index contributed by atoms with van der Waals surface area (Å²) in [4.78, 5) is 4.40. The van der Waals surface area contributed by atoms with E-state index in [1.165, 1.54) is 0 Å². The molecule has 0 atom stereocenters. The summed E-state index contributed by atoms with van der Waals surface area (Å²) < 4.78 is 5.63. The van der Waals surface area contributed by atoms with Gasteiger partial charge in [-0.3, -0.25) is 0 Å². The third-order valence-electron chi connectivity index (χ3n) is 2.45. The summed E-state index contributed by atoms with van der Waals surface area (Å²) in [6.45, 7) is 3.13. The molecule has 0 unspecified atom stereocenters. The monoisotopic (exact) mass is 296 g/mol. The molecule has 0 aliphatic rings. The van der Waals surface area contributed by atoms with Crippen LogP contribution in [0.1, 0.15) is 12.6 Å². The van der Waals surface area contributed by atoms with Crippen LogP contribution in [0.4, 0.5) is 5.82 Å². The second kappa shape index (κ2) is 6.64. The van der Waals surface area contributed by atoms with Gasteiger partial charge >= 0.3 is 0 Å². The third-order valence-corrected chi connectivity index (χ3v) is 3.03. The summed E-state index contributed by atoms with van der Waals surface area (Å²) in [7, 11) is 0. The van der Waals surface area contributed by atoms with Gasteiger partial charge in [0.05, 0.1) is 10.7 Å². The molecular weight excluding hydrogens is 283 g/mol. The molecule has 1 aromatic carbocycles. The predicted molar refractivity (Wildman–Crippen MR) is 79.2 cm³/mol. The zero-order chi connectivity index (χ0) is 13.7. The molecular formula is C14H14Cl2N2O. The number of pyridine rings is 1. The molecule has 19 heavy (non-hydrogen) atoms. The quantitative estimate of drug-likeness (QED) is 0.888. The molecule has 0 spiro atoms. The Kier molecular flexibility index (Phi) is 4.88. The van der Waals surface area contributed by atoms with Gasteiger partial charge in [0.25, 0.3) is 0 Å². The molecule has 0 bridgehead atoms. The predicted octanol–water partition coefficient (Wildman–Crippen LogP) is 4.40. The van der Waals surface area contributed by atoms with Crippen molar-refractivity contribution in [2.75, 3.05) is 11.9 Å². The maximum Gasteiger partial charge on any atom is 0.132 e. The number of anilines is 1. The fraction of sp³-hybridized carbons (Fsp3) is 0.214. The molecule has 0 saturated carbocycles. The maximum atomic E-state index is 6.10. The first-order chi connectivity index (χ1) is 9.19. The van der Waals surface area contributed by atoms with Crippen molar-refractivity contribution in [1.29, 1.82) is 0 Å². The van der Waals surface area contributed by atoms with Crippen LogP contribution in [0.5, 0.6) is 5.75 Å². The summed E-state index contributed by atoms with van der Waals surface area (Å²) >= 11 is 12.0. The van der Waals surface area contributed by atoms with Crippen LogP contribution in [0.2, 0.25) is 10.0 Å². The molecule has 2 aromatic rings. The molecule has 1 aromatic heterocycles. The van der Waals surface area contributed by atoms with E-state index in [9.17, 15) is 0 Å². The van der Waals surface area contributed by atoms with Crippen LogP contribution < -0.4 is 10.1 Å². The van der Waals surface area contributed by atoms with E-state index in [-0.39, 0.29) is 0 Å². The standard InChI is InChI=1S/C14H14Cl2N2O/c1-2-17-14-7-6-12(16)13(18-14)9-19-11-5-3-4-10(15)8-11/h3-8H,2,9H2,1H3,(H,17,18). The molecule has 5 heteroatoms. The fourth-order valence-electron chi connectivity index (χ4n) is 1.57. The van der Waals surface area contributed by atoms with Crippen LogP contribution in [0.25, 0.3) is 0 Å². The Labute approximate surface area is 122 Å². The van der Waals surface area contributed by atoms with Crippen LogP contribution in [0, 0.1) is 0 Å².